The zero-order valence-electron chi connectivity index (χ0n) is 26.8. The largest absolute Gasteiger partial charge is 0.256 e. The Labute approximate surface area is 287 Å². The summed E-state index contributed by atoms with van der Waals surface area (Å²) in [5, 5.41) is 10.3. The molecule has 0 saturated heterocycles. The van der Waals surface area contributed by atoms with E-state index in [4.69, 9.17) is 19.9 Å². The van der Waals surface area contributed by atoms with Gasteiger partial charge in [-0.1, -0.05) is 115 Å². The van der Waals surface area contributed by atoms with Gasteiger partial charge in [-0.15, -0.1) is 0 Å². The Morgan fingerprint density at radius 2 is 0.860 bits per heavy atom. The Hall–Kier alpha value is -6.85. The van der Waals surface area contributed by atoms with Crippen molar-refractivity contribution in [3.63, 3.8) is 0 Å². The lowest BCUT2D eigenvalue weighted by atomic mass is 9.96. The zero-order valence-corrected chi connectivity index (χ0v) is 26.8. The van der Waals surface area contributed by atoms with Gasteiger partial charge < -0.3 is 0 Å². The number of fused-ring (bicyclic) bond motifs is 7. The molecule has 7 aromatic carbocycles. The first kappa shape index (κ1) is 28.2. The second kappa shape index (κ2) is 11.4. The quantitative estimate of drug-likeness (QED) is 0.180. The van der Waals surface area contributed by atoms with Crippen LogP contribution in [-0.2, 0) is 0 Å². The lowest BCUT2D eigenvalue weighted by Gasteiger charge is -2.14. The van der Waals surface area contributed by atoms with Gasteiger partial charge in [-0.05, 0) is 79.5 Å². The van der Waals surface area contributed by atoms with E-state index in [2.05, 4.69) is 138 Å². The molecule has 0 spiro atoms. The molecule has 5 nitrogen and oxygen atoms in total. The predicted molar refractivity (Wildman–Crippen MR) is 205 cm³/mol. The Bertz CT molecular complexity index is 2800. The fourth-order valence-corrected chi connectivity index (χ4v) is 7.15. The third-order valence-corrected chi connectivity index (χ3v) is 9.58. The SMILES string of the molecule is c1cnc2cc(-c3ccc(-c4nc(-c5cc6ccccc6c6ccccc56)nc(-c5cc6ccccc6c6ccccc56)n4)cn3)ccc2c1. The van der Waals surface area contributed by atoms with Crippen LogP contribution >= 0.6 is 0 Å². The van der Waals surface area contributed by atoms with E-state index < -0.39 is 0 Å². The molecule has 0 fully saturated rings. The first-order valence-corrected chi connectivity index (χ1v) is 16.7. The first-order valence-electron chi connectivity index (χ1n) is 16.7. The molecule has 50 heavy (non-hydrogen) atoms. The van der Waals surface area contributed by atoms with E-state index in [-0.39, 0.29) is 0 Å². The Kier molecular flexibility index (Phi) is 6.42. The molecular formula is C45H27N5. The van der Waals surface area contributed by atoms with E-state index in [1.165, 1.54) is 10.8 Å². The maximum Gasteiger partial charge on any atom is 0.165 e. The summed E-state index contributed by atoms with van der Waals surface area (Å²) in [6.07, 6.45) is 3.67. The topological polar surface area (TPSA) is 64.5 Å². The summed E-state index contributed by atoms with van der Waals surface area (Å²) in [4.78, 5) is 25.0. The number of nitrogens with zero attached hydrogens (tertiary/aromatic N) is 5. The lowest BCUT2D eigenvalue weighted by Crippen LogP contribution is -2.01. The van der Waals surface area contributed by atoms with E-state index in [1.807, 2.05) is 30.6 Å². The highest BCUT2D eigenvalue weighted by atomic mass is 15.0. The van der Waals surface area contributed by atoms with Crippen LogP contribution in [0, 0.1) is 0 Å². The molecule has 0 atom stereocenters. The minimum absolute atomic E-state index is 0.568. The van der Waals surface area contributed by atoms with Crippen molar-refractivity contribution in [3.05, 3.63) is 164 Å². The van der Waals surface area contributed by atoms with Crippen LogP contribution in [0.5, 0.6) is 0 Å². The Morgan fingerprint density at radius 3 is 1.46 bits per heavy atom. The molecule has 0 unspecified atom stereocenters. The highest BCUT2D eigenvalue weighted by Crippen LogP contribution is 2.38. The second-order valence-corrected chi connectivity index (χ2v) is 12.5. The van der Waals surface area contributed by atoms with E-state index >= 15 is 0 Å². The van der Waals surface area contributed by atoms with Crippen LogP contribution in [0.4, 0.5) is 0 Å². The number of pyridine rings is 2. The molecule has 0 bridgehead atoms. The van der Waals surface area contributed by atoms with Crippen LogP contribution in [0.25, 0.3) is 99.4 Å². The third-order valence-electron chi connectivity index (χ3n) is 9.58. The molecule has 5 heteroatoms. The Morgan fingerprint density at radius 1 is 0.340 bits per heavy atom. The van der Waals surface area contributed by atoms with Crippen molar-refractivity contribution in [2.45, 2.75) is 0 Å². The van der Waals surface area contributed by atoms with Crippen LogP contribution < -0.4 is 0 Å². The van der Waals surface area contributed by atoms with Gasteiger partial charge in [-0.2, -0.15) is 0 Å². The molecule has 232 valence electrons. The highest BCUT2D eigenvalue weighted by molar-refractivity contribution is 6.14. The number of aromatic nitrogens is 5. The molecule has 3 aromatic heterocycles. The fourth-order valence-electron chi connectivity index (χ4n) is 7.15. The normalized spacial score (nSPS) is 11.6. The standard InChI is InChI=1S/C45H27N5/c1-3-13-33-29(10-1)24-39(37-17-7-5-15-35(33)37)44-48-43(32-21-22-41(47-27-32)31-20-19-28-12-9-23-46-42(28)26-31)49-45(50-44)40-25-30-11-2-4-14-34(30)36-16-6-8-18-38(36)40/h1-27H. The van der Waals surface area contributed by atoms with Gasteiger partial charge in [0.05, 0.1) is 11.2 Å². The van der Waals surface area contributed by atoms with Crippen LogP contribution in [-0.4, -0.2) is 24.9 Å². The molecule has 0 amide bonds. The molecule has 10 aromatic rings. The number of hydrogen-bond donors (Lipinski definition) is 0. The van der Waals surface area contributed by atoms with Crippen molar-refractivity contribution in [2.24, 2.45) is 0 Å². The van der Waals surface area contributed by atoms with Crippen molar-refractivity contribution in [1.82, 2.24) is 24.9 Å². The molecule has 0 N–H and O–H groups in total. The number of hydrogen-bond acceptors (Lipinski definition) is 5. The summed E-state index contributed by atoms with van der Waals surface area (Å²) in [7, 11) is 0. The molecular weight excluding hydrogens is 611 g/mol. The first-order chi connectivity index (χ1) is 24.8. The monoisotopic (exact) mass is 637 g/mol. The molecule has 0 aliphatic carbocycles. The van der Waals surface area contributed by atoms with Crippen molar-refractivity contribution >= 4 is 54.0 Å². The van der Waals surface area contributed by atoms with Gasteiger partial charge in [0.15, 0.2) is 17.5 Å². The minimum atomic E-state index is 0.568. The maximum absolute atomic E-state index is 5.26. The van der Waals surface area contributed by atoms with E-state index in [0.29, 0.717) is 17.5 Å². The number of benzene rings is 7. The van der Waals surface area contributed by atoms with E-state index in [1.54, 1.807) is 0 Å². The van der Waals surface area contributed by atoms with Crippen molar-refractivity contribution < 1.29 is 0 Å². The minimum Gasteiger partial charge on any atom is -0.256 e. The molecule has 0 aliphatic rings. The molecule has 0 aliphatic heterocycles. The third kappa shape index (κ3) is 4.67. The second-order valence-electron chi connectivity index (χ2n) is 12.5. The van der Waals surface area contributed by atoms with Crippen molar-refractivity contribution in [1.29, 1.82) is 0 Å². The van der Waals surface area contributed by atoms with Crippen molar-refractivity contribution in [2.75, 3.05) is 0 Å². The highest BCUT2D eigenvalue weighted by Gasteiger charge is 2.18. The summed E-state index contributed by atoms with van der Waals surface area (Å²) in [5.74, 6) is 1.81. The fraction of sp³-hybridized carbons (Fsp3) is 0. The predicted octanol–water partition coefficient (Wildman–Crippen LogP) is 11.1. The van der Waals surface area contributed by atoms with Gasteiger partial charge in [0.1, 0.15) is 0 Å². The van der Waals surface area contributed by atoms with Gasteiger partial charge in [0.2, 0.25) is 0 Å². The molecule has 10 rings (SSSR count). The van der Waals surface area contributed by atoms with Crippen LogP contribution in [0.2, 0.25) is 0 Å². The molecule has 3 heterocycles. The smallest absolute Gasteiger partial charge is 0.165 e. The average Bonchev–Trinajstić information content (AvgIpc) is 3.20. The number of rotatable bonds is 4. The van der Waals surface area contributed by atoms with Crippen molar-refractivity contribution in [3.8, 4) is 45.4 Å². The summed E-state index contributed by atoms with van der Waals surface area (Å²) in [6, 6.07) is 52.7. The summed E-state index contributed by atoms with van der Waals surface area (Å²) in [5.41, 5.74) is 5.53. The molecule has 0 saturated carbocycles. The average molecular weight is 638 g/mol. The summed E-state index contributed by atoms with van der Waals surface area (Å²) >= 11 is 0. The van der Waals surface area contributed by atoms with Gasteiger partial charge in [-0.3, -0.25) is 9.97 Å². The van der Waals surface area contributed by atoms with Gasteiger partial charge in [0, 0.05) is 40.0 Å². The van der Waals surface area contributed by atoms with Gasteiger partial charge >= 0.3 is 0 Å². The van der Waals surface area contributed by atoms with E-state index in [0.717, 1.165) is 71.2 Å². The maximum atomic E-state index is 5.26. The van der Waals surface area contributed by atoms with Gasteiger partial charge in [-0.25, -0.2) is 15.0 Å². The van der Waals surface area contributed by atoms with Gasteiger partial charge in [0.25, 0.3) is 0 Å². The summed E-state index contributed by atoms with van der Waals surface area (Å²) in [6.45, 7) is 0. The Balaban J connectivity index is 1.21. The zero-order chi connectivity index (χ0) is 33.0. The van der Waals surface area contributed by atoms with Crippen LogP contribution in [0.1, 0.15) is 0 Å². The van der Waals surface area contributed by atoms with Crippen LogP contribution in [0.3, 0.4) is 0 Å². The van der Waals surface area contributed by atoms with E-state index in [9.17, 15) is 0 Å². The molecule has 0 radical (unpaired) electrons. The summed E-state index contributed by atoms with van der Waals surface area (Å²) < 4.78 is 0. The lowest BCUT2D eigenvalue weighted by molar-refractivity contribution is 1.08. The van der Waals surface area contributed by atoms with Crippen LogP contribution in [0.15, 0.2) is 164 Å².